The summed E-state index contributed by atoms with van der Waals surface area (Å²) in [6.45, 7) is 6.31. The molecule has 2 nitrogen and oxygen atoms in total. The van der Waals surface area contributed by atoms with Crippen LogP contribution >= 0.6 is 11.3 Å². The van der Waals surface area contributed by atoms with Gasteiger partial charge in [-0.05, 0) is 66.5 Å². The zero-order valence-electron chi connectivity index (χ0n) is 11.5. The predicted molar refractivity (Wildman–Crippen MR) is 78.1 cm³/mol. The molecule has 1 aliphatic carbocycles. The van der Waals surface area contributed by atoms with E-state index in [0.717, 1.165) is 45.2 Å². The molecule has 18 heavy (non-hydrogen) atoms. The largest absolute Gasteiger partial charge is 0.389 e. The van der Waals surface area contributed by atoms with Gasteiger partial charge in [-0.2, -0.15) is 11.3 Å². The predicted octanol–water partition coefficient (Wildman–Crippen LogP) is 3.21. The first-order valence-corrected chi connectivity index (χ1v) is 7.88. The fourth-order valence-electron chi connectivity index (χ4n) is 2.56. The Morgan fingerprint density at radius 3 is 2.61 bits per heavy atom. The molecule has 3 heteroatoms. The summed E-state index contributed by atoms with van der Waals surface area (Å²) in [6.07, 6.45) is 5.20. The quantitative estimate of drug-likeness (QED) is 0.803. The van der Waals surface area contributed by atoms with Crippen LogP contribution < -0.4 is 5.32 Å². The second-order valence-electron chi connectivity index (χ2n) is 6.45. The van der Waals surface area contributed by atoms with Crippen molar-refractivity contribution in [2.75, 3.05) is 13.1 Å². The first-order chi connectivity index (χ1) is 8.49. The highest BCUT2D eigenvalue weighted by Crippen LogP contribution is 2.39. The van der Waals surface area contributed by atoms with Gasteiger partial charge >= 0.3 is 0 Å². The van der Waals surface area contributed by atoms with Gasteiger partial charge in [0.2, 0.25) is 0 Å². The normalized spacial score (nSPS) is 21.9. The third kappa shape index (κ3) is 4.08. The molecule has 0 bridgehead atoms. The SMILES string of the molecule is CC1(C)CCC(O)(CNCCc2ccsc2)CC1. The van der Waals surface area contributed by atoms with E-state index in [0.29, 0.717) is 5.41 Å². The van der Waals surface area contributed by atoms with E-state index in [-0.39, 0.29) is 0 Å². The first kappa shape index (κ1) is 14.0. The molecule has 0 aliphatic heterocycles. The maximum atomic E-state index is 10.5. The molecule has 1 aromatic heterocycles. The second kappa shape index (κ2) is 5.72. The summed E-state index contributed by atoms with van der Waals surface area (Å²) in [4.78, 5) is 0. The Hall–Kier alpha value is -0.380. The minimum Gasteiger partial charge on any atom is -0.389 e. The molecule has 0 radical (unpaired) electrons. The summed E-state index contributed by atoms with van der Waals surface area (Å²) >= 11 is 1.75. The molecule has 1 saturated carbocycles. The van der Waals surface area contributed by atoms with Gasteiger partial charge in [-0.25, -0.2) is 0 Å². The Morgan fingerprint density at radius 1 is 1.28 bits per heavy atom. The number of hydrogen-bond acceptors (Lipinski definition) is 3. The van der Waals surface area contributed by atoms with Gasteiger partial charge in [0.05, 0.1) is 5.60 Å². The Labute approximate surface area is 114 Å². The van der Waals surface area contributed by atoms with E-state index >= 15 is 0 Å². The third-order valence-corrected chi connectivity index (χ3v) is 4.89. The van der Waals surface area contributed by atoms with Crippen molar-refractivity contribution >= 4 is 11.3 Å². The summed E-state index contributed by atoms with van der Waals surface area (Å²) in [5.41, 5.74) is 1.34. The second-order valence-corrected chi connectivity index (χ2v) is 7.23. The van der Waals surface area contributed by atoms with E-state index in [1.54, 1.807) is 11.3 Å². The average molecular weight is 267 g/mol. The van der Waals surface area contributed by atoms with Crippen LogP contribution in [0.3, 0.4) is 0 Å². The molecule has 2 N–H and O–H groups in total. The van der Waals surface area contributed by atoms with Gasteiger partial charge in [-0.3, -0.25) is 0 Å². The lowest BCUT2D eigenvalue weighted by molar-refractivity contribution is -0.0240. The maximum absolute atomic E-state index is 10.5. The minimum atomic E-state index is -0.468. The van der Waals surface area contributed by atoms with E-state index in [4.69, 9.17) is 0 Å². The molecule has 0 unspecified atom stereocenters. The van der Waals surface area contributed by atoms with Gasteiger partial charge in [0, 0.05) is 6.54 Å². The van der Waals surface area contributed by atoms with Crippen molar-refractivity contribution in [3.05, 3.63) is 22.4 Å². The fraction of sp³-hybridized carbons (Fsp3) is 0.733. The van der Waals surface area contributed by atoms with Crippen LogP contribution in [0.4, 0.5) is 0 Å². The molecule has 0 aromatic carbocycles. The van der Waals surface area contributed by atoms with Crippen LogP contribution in [0.15, 0.2) is 16.8 Å². The van der Waals surface area contributed by atoms with Crippen LogP contribution in [-0.2, 0) is 6.42 Å². The van der Waals surface area contributed by atoms with Gasteiger partial charge in [0.25, 0.3) is 0 Å². The Morgan fingerprint density at radius 2 is 2.00 bits per heavy atom. The lowest BCUT2D eigenvalue weighted by Gasteiger charge is -2.40. The summed E-state index contributed by atoms with van der Waals surface area (Å²) in [7, 11) is 0. The number of aliphatic hydroxyl groups is 1. The number of hydrogen-bond donors (Lipinski definition) is 2. The highest BCUT2D eigenvalue weighted by Gasteiger charge is 2.36. The third-order valence-electron chi connectivity index (χ3n) is 4.16. The number of nitrogens with one attached hydrogen (secondary N) is 1. The van der Waals surface area contributed by atoms with Crippen LogP contribution in [0.25, 0.3) is 0 Å². The molecule has 1 aliphatic rings. The first-order valence-electron chi connectivity index (χ1n) is 6.93. The molecular weight excluding hydrogens is 242 g/mol. The van der Waals surface area contributed by atoms with Gasteiger partial charge in [-0.1, -0.05) is 13.8 Å². The minimum absolute atomic E-state index is 0.420. The maximum Gasteiger partial charge on any atom is 0.0772 e. The number of thiophene rings is 1. The van der Waals surface area contributed by atoms with Crippen molar-refractivity contribution in [1.29, 1.82) is 0 Å². The molecule has 1 aromatic rings. The van der Waals surface area contributed by atoms with Gasteiger partial charge in [-0.15, -0.1) is 0 Å². The van der Waals surface area contributed by atoms with Crippen molar-refractivity contribution in [1.82, 2.24) is 5.32 Å². The fourth-order valence-corrected chi connectivity index (χ4v) is 3.26. The van der Waals surface area contributed by atoms with Crippen molar-refractivity contribution in [2.45, 2.75) is 51.6 Å². The average Bonchev–Trinajstić information content (AvgIpc) is 2.83. The van der Waals surface area contributed by atoms with E-state index in [1.807, 2.05) is 0 Å². The standard InChI is InChI=1S/C15H25NOS/c1-14(2)5-7-15(17,8-6-14)12-16-9-3-13-4-10-18-11-13/h4,10-11,16-17H,3,5-9,12H2,1-2H3. The molecule has 0 atom stereocenters. The summed E-state index contributed by atoms with van der Waals surface area (Å²) < 4.78 is 0. The van der Waals surface area contributed by atoms with Crippen molar-refractivity contribution < 1.29 is 5.11 Å². The number of rotatable bonds is 5. The lowest BCUT2D eigenvalue weighted by Crippen LogP contribution is -2.45. The summed E-state index contributed by atoms with van der Waals surface area (Å²) in [5.74, 6) is 0. The molecular formula is C15H25NOS. The van der Waals surface area contributed by atoms with Crippen molar-refractivity contribution in [3.63, 3.8) is 0 Å². The Kier molecular flexibility index (Phi) is 4.46. The van der Waals surface area contributed by atoms with E-state index in [1.165, 1.54) is 5.56 Å². The van der Waals surface area contributed by atoms with Crippen LogP contribution in [0, 0.1) is 5.41 Å². The monoisotopic (exact) mass is 267 g/mol. The molecule has 2 rings (SSSR count). The highest BCUT2D eigenvalue weighted by atomic mass is 32.1. The van der Waals surface area contributed by atoms with E-state index in [9.17, 15) is 5.11 Å². The lowest BCUT2D eigenvalue weighted by atomic mass is 9.71. The molecule has 102 valence electrons. The van der Waals surface area contributed by atoms with E-state index in [2.05, 4.69) is 36.0 Å². The Balaban J connectivity index is 1.67. The molecule has 0 spiro atoms. The van der Waals surface area contributed by atoms with E-state index < -0.39 is 5.60 Å². The van der Waals surface area contributed by atoms with Crippen LogP contribution in [0.1, 0.15) is 45.1 Å². The van der Waals surface area contributed by atoms with Gasteiger partial charge in [0.1, 0.15) is 0 Å². The van der Waals surface area contributed by atoms with Crippen LogP contribution in [0.5, 0.6) is 0 Å². The molecule has 1 heterocycles. The topological polar surface area (TPSA) is 32.3 Å². The van der Waals surface area contributed by atoms with Crippen LogP contribution in [0.2, 0.25) is 0 Å². The molecule has 0 saturated heterocycles. The molecule has 1 fully saturated rings. The van der Waals surface area contributed by atoms with Crippen molar-refractivity contribution in [2.24, 2.45) is 5.41 Å². The molecule has 0 amide bonds. The van der Waals surface area contributed by atoms with Crippen molar-refractivity contribution in [3.8, 4) is 0 Å². The Bertz CT molecular complexity index is 349. The van der Waals surface area contributed by atoms with Crippen LogP contribution in [-0.4, -0.2) is 23.8 Å². The van der Waals surface area contributed by atoms with Gasteiger partial charge < -0.3 is 10.4 Å². The summed E-state index contributed by atoms with van der Waals surface area (Å²) in [5, 5.41) is 18.2. The van der Waals surface area contributed by atoms with Gasteiger partial charge in [0.15, 0.2) is 0 Å². The zero-order valence-corrected chi connectivity index (χ0v) is 12.4. The highest BCUT2D eigenvalue weighted by molar-refractivity contribution is 7.07. The summed E-state index contributed by atoms with van der Waals surface area (Å²) in [6, 6.07) is 2.17. The smallest absolute Gasteiger partial charge is 0.0772 e. The zero-order chi connectivity index (χ0) is 13.1.